The van der Waals surface area contributed by atoms with Crippen LogP contribution in [0.4, 0.5) is 0 Å². The zero-order chi connectivity index (χ0) is 24.7. The molecule has 182 valence electrons. The first-order valence-corrected chi connectivity index (χ1v) is 11.9. The van der Waals surface area contributed by atoms with Crippen LogP contribution in [0.5, 0.6) is 11.6 Å². The second-order valence-electron chi connectivity index (χ2n) is 9.33. The molecule has 0 radical (unpaired) electrons. The van der Waals surface area contributed by atoms with E-state index in [0.29, 0.717) is 29.1 Å². The SMILES string of the molecule is COc1cc(C)c([C@H]2CCCn3nc(-c4cnc(-n5cnc(C)c5)c(OC)n4)nc32)cc1C(C)C. The molecule has 3 aromatic heterocycles. The highest BCUT2D eigenvalue weighted by atomic mass is 16.5. The Balaban J connectivity index is 1.54. The molecule has 0 amide bonds. The summed E-state index contributed by atoms with van der Waals surface area (Å²) in [5.74, 6) is 3.96. The Bertz CT molecular complexity index is 1370. The minimum absolute atomic E-state index is 0.163. The molecule has 1 aliphatic heterocycles. The van der Waals surface area contributed by atoms with E-state index in [0.717, 1.165) is 36.7 Å². The van der Waals surface area contributed by atoms with Crippen LogP contribution in [0.1, 0.15) is 66.7 Å². The summed E-state index contributed by atoms with van der Waals surface area (Å²) in [6.07, 6.45) is 7.34. The van der Waals surface area contributed by atoms with E-state index < -0.39 is 0 Å². The number of hydrogen-bond donors (Lipinski definition) is 0. The molecule has 0 spiro atoms. The maximum absolute atomic E-state index is 5.66. The van der Waals surface area contributed by atoms with Gasteiger partial charge in [0.2, 0.25) is 11.6 Å². The third kappa shape index (κ3) is 4.15. The Morgan fingerprint density at radius 2 is 1.89 bits per heavy atom. The van der Waals surface area contributed by atoms with Gasteiger partial charge in [-0.15, -0.1) is 5.10 Å². The van der Waals surface area contributed by atoms with E-state index in [1.54, 1.807) is 31.3 Å². The molecule has 0 bridgehead atoms. The van der Waals surface area contributed by atoms with Crippen molar-refractivity contribution < 1.29 is 9.47 Å². The Hall–Kier alpha value is -3.75. The number of fused-ring (bicyclic) bond motifs is 1. The molecule has 1 atom stereocenters. The highest BCUT2D eigenvalue weighted by Crippen LogP contribution is 2.39. The number of imidazole rings is 1. The van der Waals surface area contributed by atoms with Crippen molar-refractivity contribution in [3.63, 3.8) is 0 Å². The topological polar surface area (TPSA) is 92.8 Å². The number of benzene rings is 1. The van der Waals surface area contributed by atoms with E-state index in [1.807, 2.05) is 17.8 Å². The van der Waals surface area contributed by atoms with E-state index in [4.69, 9.17) is 19.6 Å². The third-order valence-corrected chi connectivity index (χ3v) is 6.59. The summed E-state index contributed by atoms with van der Waals surface area (Å²) >= 11 is 0. The number of rotatable bonds is 6. The predicted octanol–water partition coefficient (Wildman–Crippen LogP) is 4.60. The highest BCUT2D eigenvalue weighted by molar-refractivity contribution is 5.52. The van der Waals surface area contributed by atoms with Crippen molar-refractivity contribution in [3.05, 3.63) is 59.1 Å². The van der Waals surface area contributed by atoms with Gasteiger partial charge in [0.1, 0.15) is 23.6 Å². The van der Waals surface area contributed by atoms with Gasteiger partial charge < -0.3 is 9.47 Å². The molecule has 4 aromatic rings. The van der Waals surface area contributed by atoms with Crippen molar-refractivity contribution in [1.82, 2.24) is 34.3 Å². The average molecular weight is 474 g/mol. The quantitative estimate of drug-likeness (QED) is 0.404. The number of ether oxygens (including phenoxy) is 2. The lowest BCUT2D eigenvalue weighted by Crippen LogP contribution is -2.19. The van der Waals surface area contributed by atoms with Crippen LogP contribution in [-0.2, 0) is 6.54 Å². The monoisotopic (exact) mass is 473 g/mol. The van der Waals surface area contributed by atoms with Crippen molar-refractivity contribution >= 4 is 0 Å². The van der Waals surface area contributed by atoms with Gasteiger partial charge in [-0.3, -0.25) is 4.57 Å². The second kappa shape index (κ2) is 9.13. The Labute approximate surface area is 205 Å². The molecule has 35 heavy (non-hydrogen) atoms. The summed E-state index contributed by atoms with van der Waals surface area (Å²) in [4.78, 5) is 18.5. The summed E-state index contributed by atoms with van der Waals surface area (Å²) in [5.41, 5.74) is 5.17. The maximum Gasteiger partial charge on any atom is 0.258 e. The molecule has 1 aromatic carbocycles. The van der Waals surface area contributed by atoms with Crippen LogP contribution in [-0.4, -0.2) is 48.5 Å². The summed E-state index contributed by atoms with van der Waals surface area (Å²) in [6, 6.07) is 4.44. The summed E-state index contributed by atoms with van der Waals surface area (Å²) in [7, 11) is 3.32. The standard InChI is InChI=1S/C26H31N7O2/c1-15(2)19-11-20(16(3)10-22(19)34-5)18-8-7-9-33-24(18)30-23(31-33)21-12-27-25(26(29-21)35-6)32-13-17(4)28-14-32/h10-15,18H,7-9H2,1-6H3/t18-/m1/s1. The van der Waals surface area contributed by atoms with Gasteiger partial charge in [-0.05, 0) is 55.4 Å². The molecule has 9 nitrogen and oxygen atoms in total. The molecule has 0 saturated carbocycles. The zero-order valence-electron chi connectivity index (χ0n) is 21.1. The molecule has 9 heteroatoms. The Kier molecular flexibility index (Phi) is 6.00. The van der Waals surface area contributed by atoms with Gasteiger partial charge in [0.25, 0.3) is 5.88 Å². The fourth-order valence-corrected chi connectivity index (χ4v) is 4.80. The van der Waals surface area contributed by atoms with E-state index in [9.17, 15) is 0 Å². The number of methoxy groups -OCH3 is 2. The van der Waals surface area contributed by atoms with Gasteiger partial charge in [0.05, 0.1) is 26.1 Å². The summed E-state index contributed by atoms with van der Waals surface area (Å²) < 4.78 is 15.0. The first-order chi connectivity index (χ1) is 16.9. The summed E-state index contributed by atoms with van der Waals surface area (Å²) in [6.45, 7) is 9.29. The molecule has 5 rings (SSSR count). The first kappa shape index (κ1) is 23.0. The van der Waals surface area contributed by atoms with Crippen LogP contribution >= 0.6 is 0 Å². The van der Waals surface area contributed by atoms with Crippen molar-refractivity contribution in [2.75, 3.05) is 14.2 Å². The van der Waals surface area contributed by atoms with Gasteiger partial charge in [0, 0.05) is 18.7 Å². The molecular weight excluding hydrogens is 442 g/mol. The molecule has 1 aliphatic rings. The first-order valence-electron chi connectivity index (χ1n) is 11.9. The lowest BCUT2D eigenvalue weighted by atomic mass is 9.85. The van der Waals surface area contributed by atoms with E-state index in [2.05, 4.69) is 47.9 Å². The van der Waals surface area contributed by atoms with Crippen LogP contribution < -0.4 is 9.47 Å². The minimum atomic E-state index is 0.163. The lowest BCUT2D eigenvalue weighted by Gasteiger charge is -2.25. The maximum atomic E-state index is 5.66. The van der Waals surface area contributed by atoms with Gasteiger partial charge in [0.15, 0.2) is 0 Å². The summed E-state index contributed by atoms with van der Waals surface area (Å²) in [5, 5.41) is 4.80. The molecular formula is C26H31N7O2. The molecule has 4 heterocycles. The fraction of sp³-hybridized carbons (Fsp3) is 0.423. The number of aryl methyl sites for hydroxylation is 3. The van der Waals surface area contributed by atoms with E-state index >= 15 is 0 Å². The zero-order valence-corrected chi connectivity index (χ0v) is 21.1. The predicted molar refractivity (Wildman–Crippen MR) is 132 cm³/mol. The minimum Gasteiger partial charge on any atom is -0.496 e. The van der Waals surface area contributed by atoms with Crippen LogP contribution in [0.2, 0.25) is 0 Å². The molecule has 0 fully saturated rings. The average Bonchev–Trinajstić information content (AvgIpc) is 3.49. The second-order valence-corrected chi connectivity index (χ2v) is 9.33. The Morgan fingerprint density at radius 3 is 2.57 bits per heavy atom. The fourth-order valence-electron chi connectivity index (χ4n) is 4.80. The smallest absolute Gasteiger partial charge is 0.258 e. The van der Waals surface area contributed by atoms with Gasteiger partial charge >= 0.3 is 0 Å². The third-order valence-electron chi connectivity index (χ3n) is 6.59. The molecule has 0 unspecified atom stereocenters. The largest absolute Gasteiger partial charge is 0.496 e. The van der Waals surface area contributed by atoms with Crippen molar-refractivity contribution in [2.24, 2.45) is 0 Å². The number of hydrogen-bond acceptors (Lipinski definition) is 7. The molecule has 0 saturated heterocycles. The van der Waals surface area contributed by atoms with Crippen molar-refractivity contribution in [3.8, 4) is 29.0 Å². The van der Waals surface area contributed by atoms with Crippen LogP contribution in [0, 0.1) is 13.8 Å². The van der Waals surface area contributed by atoms with E-state index in [-0.39, 0.29) is 5.92 Å². The van der Waals surface area contributed by atoms with Crippen LogP contribution in [0.3, 0.4) is 0 Å². The van der Waals surface area contributed by atoms with Gasteiger partial charge in [-0.1, -0.05) is 19.9 Å². The van der Waals surface area contributed by atoms with Crippen LogP contribution in [0.25, 0.3) is 17.3 Å². The lowest BCUT2D eigenvalue weighted by molar-refractivity contribution is 0.394. The van der Waals surface area contributed by atoms with Crippen molar-refractivity contribution in [2.45, 2.75) is 58.9 Å². The Morgan fingerprint density at radius 1 is 1.06 bits per heavy atom. The normalized spacial score (nSPS) is 15.3. The van der Waals surface area contributed by atoms with E-state index in [1.165, 1.54) is 16.7 Å². The van der Waals surface area contributed by atoms with Gasteiger partial charge in [-0.2, -0.15) is 0 Å². The van der Waals surface area contributed by atoms with Crippen LogP contribution in [0.15, 0.2) is 30.9 Å². The van der Waals surface area contributed by atoms with Gasteiger partial charge in [-0.25, -0.2) is 24.6 Å². The molecule has 0 aliphatic carbocycles. The highest BCUT2D eigenvalue weighted by Gasteiger charge is 2.29. The number of nitrogens with zero attached hydrogens (tertiary/aromatic N) is 7. The number of aromatic nitrogens is 7. The molecule has 0 N–H and O–H groups in total. The van der Waals surface area contributed by atoms with Crippen molar-refractivity contribution in [1.29, 1.82) is 0 Å².